The second kappa shape index (κ2) is 42.3. The zero-order valence-electron chi connectivity index (χ0n) is 33.9. The number of carbonyl (C=O) groups excluding carboxylic acids is 1. The standard InChI is InChI=1S/C46H89NO3/c1-3-5-7-9-11-13-15-16-17-18-19-20-21-22-23-24-25-26-27-28-29-30-31-32-33-35-37-39-41-45(49)44(43-48)47-46(50)42-40-38-36-34-14-12-10-8-6-4-2/h8,10,39,41,44-45,48-49H,3-7,9,11-38,40,42-43H2,1-2H3,(H,47,50)/b10-8-,41-39+. The summed E-state index contributed by atoms with van der Waals surface area (Å²) >= 11 is 0. The number of amides is 1. The van der Waals surface area contributed by atoms with E-state index in [0.29, 0.717) is 6.42 Å². The summed E-state index contributed by atoms with van der Waals surface area (Å²) in [6.07, 6.45) is 54.6. The number of rotatable bonds is 41. The van der Waals surface area contributed by atoms with Gasteiger partial charge in [0, 0.05) is 6.42 Å². The molecule has 0 bridgehead atoms. The van der Waals surface area contributed by atoms with Crippen LogP contribution in [0.25, 0.3) is 0 Å². The highest BCUT2D eigenvalue weighted by molar-refractivity contribution is 5.76. The molecule has 0 fully saturated rings. The molecule has 0 aromatic heterocycles. The Morgan fingerprint density at radius 1 is 0.460 bits per heavy atom. The first-order chi connectivity index (χ1) is 24.7. The van der Waals surface area contributed by atoms with Gasteiger partial charge < -0.3 is 15.5 Å². The molecule has 0 aliphatic rings. The maximum Gasteiger partial charge on any atom is 0.220 e. The summed E-state index contributed by atoms with van der Waals surface area (Å²) in [6, 6.07) is -0.623. The molecular weight excluding hydrogens is 615 g/mol. The van der Waals surface area contributed by atoms with Crippen molar-refractivity contribution in [3.05, 3.63) is 24.3 Å². The van der Waals surface area contributed by atoms with Crippen molar-refractivity contribution < 1.29 is 15.0 Å². The molecule has 0 radical (unpaired) electrons. The first kappa shape index (κ1) is 48.9. The van der Waals surface area contributed by atoms with Gasteiger partial charge in [-0.15, -0.1) is 0 Å². The maximum atomic E-state index is 12.3. The maximum absolute atomic E-state index is 12.3. The quantitative estimate of drug-likeness (QED) is 0.0438. The number of aliphatic hydroxyl groups is 2. The summed E-state index contributed by atoms with van der Waals surface area (Å²) in [7, 11) is 0. The number of aliphatic hydroxyl groups excluding tert-OH is 2. The molecule has 0 aromatic rings. The van der Waals surface area contributed by atoms with E-state index in [2.05, 4.69) is 31.3 Å². The lowest BCUT2D eigenvalue weighted by Gasteiger charge is -2.20. The molecule has 296 valence electrons. The Bertz CT molecular complexity index is 720. The highest BCUT2D eigenvalue weighted by Gasteiger charge is 2.17. The molecule has 0 aromatic carbocycles. The minimum Gasteiger partial charge on any atom is -0.394 e. The topological polar surface area (TPSA) is 69.6 Å². The number of hydrogen-bond donors (Lipinski definition) is 3. The number of carbonyl (C=O) groups is 1. The minimum atomic E-state index is -0.839. The lowest BCUT2D eigenvalue weighted by atomic mass is 10.0. The predicted molar refractivity (Wildman–Crippen MR) is 221 cm³/mol. The van der Waals surface area contributed by atoms with Gasteiger partial charge in [0.2, 0.25) is 5.91 Å². The Morgan fingerprint density at radius 3 is 1.18 bits per heavy atom. The average molecular weight is 704 g/mol. The third-order valence-corrected chi connectivity index (χ3v) is 10.4. The van der Waals surface area contributed by atoms with E-state index in [-0.39, 0.29) is 12.5 Å². The van der Waals surface area contributed by atoms with Gasteiger partial charge in [0.05, 0.1) is 18.8 Å². The Hall–Kier alpha value is -1.13. The van der Waals surface area contributed by atoms with Crippen LogP contribution in [0.1, 0.15) is 245 Å². The van der Waals surface area contributed by atoms with Gasteiger partial charge in [-0.05, 0) is 38.5 Å². The number of nitrogens with one attached hydrogen (secondary N) is 1. The van der Waals surface area contributed by atoms with Crippen LogP contribution < -0.4 is 5.32 Å². The van der Waals surface area contributed by atoms with E-state index < -0.39 is 12.1 Å². The molecule has 0 spiro atoms. The van der Waals surface area contributed by atoms with Crippen molar-refractivity contribution >= 4 is 5.91 Å². The fourth-order valence-electron chi connectivity index (χ4n) is 6.95. The van der Waals surface area contributed by atoms with Crippen LogP contribution in [-0.2, 0) is 4.79 Å². The summed E-state index contributed by atoms with van der Waals surface area (Å²) in [4.78, 5) is 12.3. The van der Waals surface area contributed by atoms with Crippen molar-refractivity contribution in [3.63, 3.8) is 0 Å². The molecule has 50 heavy (non-hydrogen) atoms. The Labute approximate surface area is 313 Å². The first-order valence-electron chi connectivity index (χ1n) is 22.6. The molecule has 1 amide bonds. The van der Waals surface area contributed by atoms with Gasteiger partial charge >= 0.3 is 0 Å². The monoisotopic (exact) mass is 704 g/mol. The van der Waals surface area contributed by atoms with E-state index in [1.165, 1.54) is 186 Å². The smallest absolute Gasteiger partial charge is 0.220 e. The Morgan fingerprint density at radius 2 is 0.800 bits per heavy atom. The van der Waals surface area contributed by atoms with Crippen LogP contribution >= 0.6 is 0 Å². The van der Waals surface area contributed by atoms with Gasteiger partial charge in [-0.3, -0.25) is 4.79 Å². The molecule has 4 heteroatoms. The molecule has 2 atom stereocenters. The normalized spacial score (nSPS) is 13.1. The third-order valence-electron chi connectivity index (χ3n) is 10.4. The van der Waals surface area contributed by atoms with E-state index in [0.717, 1.165) is 38.5 Å². The van der Waals surface area contributed by atoms with Crippen molar-refractivity contribution in [3.8, 4) is 0 Å². The molecule has 0 saturated carbocycles. The van der Waals surface area contributed by atoms with E-state index in [4.69, 9.17) is 0 Å². The number of allylic oxidation sites excluding steroid dienone is 3. The Balaban J connectivity index is 3.44. The van der Waals surface area contributed by atoms with Crippen molar-refractivity contribution in [1.82, 2.24) is 5.32 Å². The zero-order valence-corrected chi connectivity index (χ0v) is 33.9. The zero-order chi connectivity index (χ0) is 36.4. The molecule has 0 aliphatic carbocycles. The Kier molecular flexibility index (Phi) is 41.3. The summed E-state index contributed by atoms with van der Waals surface area (Å²) in [5.41, 5.74) is 0. The van der Waals surface area contributed by atoms with Crippen LogP contribution in [0.15, 0.2) is 24.3 Å². The second-order valence-electron chi connectivity index (χ2n) is 15.5. The fourth-order valence-corrected chi connectivity index (χ4v) is 6.95. The van der Waals surface area contributed by atoms with Gasteiger partial charge in [0.1, 0.15) is 0 Å². The summed E-state index contributed by atoms with van der Waals surface area (Å²) < 4.78 is 0. The molecule has 2 unspecified atom stereocenters. The second-order valence-corrected chi connectivity index (χ2v) is 15.5. The lowest BCUT2D eigenvalue weighted by molar-refractivity contribution is -0.123. The van der Waals surface area contributed by atoms with Crippen LogP contribution in [0.2, 0.25) is 0 Å². The first-order valence-corrected chi connectivity index (χ1v) is 22.6. The highest BCUT2D eigenvalue weighted by Crippen LogP contribution is 2.16. The number of unbranched alkanes of at least 4 members (excludes halogenated alkanes) is 32. The van der Waals surface area contributed by atoms with Gasteiger partial charge in [0.25, 0.3) is 0 Å². The van der Waals surface area contributed by atoms with Crippen LogP contribution in [-0.4, -0.2) is 34.9 Å². The van der Waals surface area contributed by atoms with Crippen molar-refractivity contribution in [2.75, 3.05) is 6.61 Å². The molecule has 0 saturated heterocycles. The number of hydrogen-bond acceptors (Lipinski definition) is 3. The molecular formula is C46H89NO3. The van der Waals surface area contributed by atoms with Crippen molar-refractivity contribution in [1.29, 1.82) is 0 Å². The lowest BCUT2D eigenvalue weighted by Crippen LogP contribution is -2.45. The van der Waals surface area contributed by atoms with Gasteiger partial charge in [-0.25, -0.2) is 0 Å². The van der Waals surface area contributed by atoms with Gasteiger partial charge in [-0.1, -0.05) is 224 Å². The minimum absolute atomic E-state index is 0.0746. The largest absolute Gasteiger partial charge is 0.394 e. The predicted octanol–water partition coefficient (Wildman–Crippen LogP) is 14.0. The third kappa shape index (κ3) is 38.1. The van der Waals surface area contributed by atoms with E-state index in [1.807, 2.05) is 6.08 Å². The summed E-state index contributed by atoms with van der Waals surface area (Å²) in [6.45, 7) is 4.25. The molecule has 3 N–H and O–H groups in total. The molecule has 0 aliphatic heterocycles. The van der Waals surface area contributed by atoms with Gasteiger partial charge in [0.15, 0.2) is 0 Å². The summed E-state index contributed by atoms with van der Waals surface area (Å²) in [5, 5.41) is 22.9. The van der Waals surface area contributed by atoms with E-state index >= 15 is 0 Å². The van der Waals surface area contributed by atoms with E-state index in [9.17, 15) is 15.0 Å². The summed E-state index contributed by atoms with van der Waals surface area (Å²) in [5.74, 6) is -0.0746. The van der Waals surface area contributed by atoms with Crippen LogP contribution in [0.4, 0.5) is 0 Å². The molecule has 0 heterocycles. The SMILES string of the molecule is CCC/C=C\CCCCCCCC(=O)NC(CO)C(O)/C=C/CCCCCCCCCCCCCCCCCCCCCCCCCCCC. The highest BCUT2D eigenvalue weighted by atomic mass is 16.3. The average Bonchev–Trinajstić information content (AvgIpc) is 3.12. The van der Waals surface area contributed by atoms with E-state index in [1.54, 1.807) is 6.08 Å². The van der Waals surface area contributed by atoms with Crippen molar-refractivity contribution in [2.45, 2.75) is 257 Å². The molecule has 0 rings (SSSR count). The van der Waals surface area contributed by atoms with Crippen LogP contribution in [0.3, 0.4) is 0 Å². The van der Waals surface area contributed by atoms with Crippen molar-refractivity contribution in [2.24, 2.45) is 0 Å². The van der Waals surface area contributed by atoms with Crippen LogP contribution in [0, 0.1) is 0 Å². The van der Waals surface area contributed by atoms with Gasteiger partial charge in [-0.2, -0.15) is 0 Å². The fraction of sp³-hybridized carbons (Fsp3) is 0.891. The van der Waals surface area contributed by atoms with Crippen LogP contribution in [0.5, 0.6) is 0 Å². The molecule has 4 nitrogen and oxygen atoms in total.